The number of benzene rings is 1. The Morgan fingerprint density at radius 3 is 2.43 bits per heavy atom. The Labute approximate surface area is 125 Å². The largest absolute Gasteiger partial charge is 0.481 e. The fourth-order valence-corrected chi connectivity index (χ4v) is 2.49. The number of urea groups is 1. The lowest BCUT2D eigenvalue weighted by Gasteiger charge is -2.20. The molecule has 114 valence electrons. The van der Waals surface area contributed by atoms with E-state index in [2.05, 4.69) is 24.4 Å². The van der Waals surface area contributed by atoms with E-state index >= 15 is 0 Å². The van der Waals surface area contributed by atoms with Gasteiger partial charge in [0.1, 0.15) is 0 Å². The molecular formula is C16H22N2O3. The van der Waals surface area contributed by atoms with E-state index in [4.69, 9.17) is 0 Å². The number of nitrogens with one attached hydrogen (secondary N) is 1. The second-order valence-corrected chi connectivity index (χ2v) is 5.87. The van der Waals surface area contributed by atoms with Crippen LogP contribution in [0.3, 0.4) is 0 Å². The number of amides is 2. The molecule has 0 aromatic heterocycles. The molecule has 1 aromatic rings. The zero-order valence-corrected chi connectivity index (χ0v) is 12.6. The molecule has 0 radical (unpaired) electrons. The Kier molecular flexibility index (Phi) is 4.50. The fraction of sp³-hybridized carbons (Fsp3) is 0.500. The lowest BCUT2D eigenvalue weighted by atomic mass is 9.90. The number of aliphatic carboxylic acids is 1. The number of carbonyl (C=O) groups excluding carboxylic acids is 1. The van der Waals surface area contributed by atoms with Crippen LogP contribution in [-0.2, 0) is 17.8 Å². The number of hydrogen-bond donors (Lipinski definition) is 2. The second-order valence-electron chi connectivity index (χ2n) is 5.87. The molecule has 2 N–H and O–H groups in total. The van der Waals surface area contributed by atoms with Gasteiger partial charge < -0.3 is 15.3 Å². The minimum atomic E-state index is -0.840. The summed E-state index contributed by atoms with van der Waals surface area (Å²) in [5.41, 5.74) is 1.49. The van der Waals surface area contributed by atoms with Crippen LogP contribution in [0.5, 0.6) is 0 Å². The maximum absolute atomic E-state index is 12.1. The lowest BCUT2D eigenvalue weighted by molar-refractivity contribution is -0.146. The first-order valence-corrected chi connectivity index (χ1v) is 7.28. The van der Waals surface area contributed by atoms with Gasteiger partial charge in [-0.15, -0.1) is 0 Å². The van der Waals surface area contributed by atoms with Crippen molar-refractivity contribution < 1.29 is 14.7 Å². The normalized spacial score (nSPS) is 21.3. The van der Waals surface area contributed by atoms with Gasteiger partial charge >= 0.3 is 12.0 Å². The van der Waals surface area contributed by atoms with Gasteiger partial charge in [-0.05, 0) is 30.9 Å². The summed E-state index contributed by atoms with van der Waals surface area (Å²) < 4.78 is 0. The zero-order chi connectivity index (χ0) is 15.5. The van der Waals surface area contributed by atoms with Crippen LogP contribution in [0.25, 0.3) is 0 Å². The topological polar surface area (TPSA) is 69.6 Å². The van der Waals surface area contributed by atoms with E-state index in [9.17, 15) is 14.7 Å². The number of likely N-dealkylation sites (tertiary alicyclic amines) is 1. The zero-order valence-electron chi connectivity index (χ0n) is 12.6. The molecule has 5 nitrogen and oxygen atoms in total. The van der Waals surface area contributed by atoms with Crippen LogP contribution in [0.2, 0.25) is 0 Å². The third-order valence-corrected chi connectivity index (χ3v) is 4.15. The summed E-state index contributed by atoms with van der Waals surface area (Å²) in [6.45, 7) is 5.01. The molecule has 1 aromatic carbocycles. The van der Waals surface area contributed by atoms with E-state index < -0.39 is 11.4 Å². The SMILES string of the molecule is CCc1ccc(CNC(=O)N2CCC(C)(C(=O)O)C2)cc1. The minimum Gasteiger partial charge on any atom is -0.481 e. The molecule has 1 heterocycles. The van der Waals surface area contributed by atoms with Crippen LogP contribution in [0.1, 0.15) is 31.4 Å². The Bertz CT molecular complexity index is 527. The average molecular weight is 290 g/mol. The third kappa shape index (κ3) is 3.54. The van der Waals surface area contributed by atoms with Crippen LogP contribution in [0, 0.1) is 5.41 Å². The van der Waals surface area contributed by atoms with Gasteiger partial charge in [0.25, 0.3) is 0 Å². The van der Waals surface area contributed by atoms with Crippen molar-refractivity contribution in [3.8, 4) is 0 Å². The van der Waals surface area contributed by atoms with Crippen molar-refractivity contribution in [1.29, 1.82) is 0 Å². The molecule has 0 spiro atoms. The van der Waals surface area contributed by atoms with Crippen molar-refractivity contribution in [3.63, 3.8) is 0 Å². The van der Waals surface area contributed by atoms with Gasteiger partial charge in [-0.2, -0.15) is 0 Å². The second kappa shape index (κ2) is 6.16. The van der Waals surface area contributed by atoms with Crippen molar-refractivity contribution in [1.82, 2.24) is 10.2 Å². The summed E-state index contributed by atoms with van der Waals surface area (Å²) in [5.74, 6) is -0.840. The average Bonchev–Trinajstić information content (AvgIpc) is 2.89. The molecule has 0 aliphatic carbocycles. The summed E-state index contributed by atoms with van der Waals surface area (Å²) in [7, 11) is 0. The third-order valence-electron chi connectivity index (χ3n) is 4.15. The van der Waals surface area contributed by atoms with Crippen molar-refractivity contribution in [2.24, 2.45) is 5.41 Å². The molecule has 2 rings (SSSR count). The van der Waals surface area contributed by atoms with E-state index in [0.29, 0.717) is 19.5 Å². The van der Waals surface area contributed by atoms with E-state index in [-0.39, 0.29) is 12.6 Å². The Balaban J connectivity index is 1.86. The van der Waals surface area contributed by atoms with Gasteiger partial charge in [0.2, 0.25) is 0 Å². The number of carboxylic acids is 1. The standard InChI is InChI=1S/C16H22N2O3/c1-3-12-4-6-13(7-5-12)10-17-15(21)18-9-8-16(2,11-18)14(19)20/h4-7H,3,8-11H2,1-2H3,(H,17,21)(H,19,20). The quantitative estimate of drug-likeness (QED) is 0.893. The monoisotopic (exact) mass is 290 g/mol. The Morgan fingerprint density at radius 2 is 1.90 bits per heavy atom. The Hall–Kier alpha value is -2.04. The highest BCUT2D eigenvalue weighted by molar-refractivity contribution is 5.79. The highest BCUT2D eigenvalue weighted by Gasteiger charge is 2.42. The van der Waals surface area contributed by atoms with E-state index in [0.717, 1.165) is 12.0 Å². The molecule has 0 bridgehead atoms. The van der Waals surface area contributed by atoms with Gasteiger partial charge in [-0.25, -0.2) is 4.79 Å². The van der Waals surface area contributed by atoms with Gasteiger partial charge in [-0.3, -0.25) is 4.79 Å². The Morgan fingerprint density at radius 1 is 1.29 bits per heavy atom. The molecule has 0 saturated carbocycles. The first-order chi connectivity index (χ1) is 9.94. The number of carboxylic acid groups (broad SMARTS) is 1. The number of carbonyl (C=O) groups is 2. The molecule has 1 atom stereocenters. The number of hydrogen-bond acceptors (Lipinski definition) is 2. The summed E-state index contributed by atoms with van der Waals surface area (Å²) in [6.07, 6.45) is 1.50. The molecule has 2 amide bonds. The molecular weight excluding hydrogens is 268 g/mol. The first-order valence-electron chi connectivity index (χ1n) is 7.28. The van der Waals surface area contributed by atoms with Gasteiger partial charge in [-0.1, -0.05) is 31.2 Å². The van der Waals surface area contributed by atoms with Crippen molar-refractivity contribution in [3.05, 3.63) is 35.4 Å². The van der Waals surface area contributed by atoms with Crippen LogP contribution < -0.4 is 5.32 Å². The summed E-state index contributed by atoms with van der Waals surface area (Å²) in [5, 5.41) is 12.0. The number of rotatable bonds is 4. The van der Waals surface area contributed by atoms with Crippen LogP contribution >= 0.6 is 0 Å². The van der Waals surface area contributed by atoms with Gasteiger partial charge in [0, 0.05) is 19.6 Å². The number of aryl methyl sites for hydroxylation is 1. The van der Waals surface area contributed by atoms with E-state index in [1.165, 1.54) is 5.56 Å². The van der Waals surface area contributed by atoms with E-state index in [1.807, 2.05) is 12.1 Å². The first kappa shape index (κ1) is 15.4. The predicted octanol–water partition coefficient (Wildman–Crippen LogP) is 2.26. The lowest BCUT2D eigenvalue weighted by Crippen LogP contribution is -2.40. The molecule has 5 heteroatoms. The van der Waals surface area contributed by atoms with Gasteiger partial charge in [0.05, 0.1) is 5.41 Å². The molecule has 1 aliphatic heterocycles. The van der Waals surface area contributed by atoms with Crippen LogP contribution in [0.4, 0.5) is 4.79 Å². The van der Waals surface area contributed by atoms with Crippen molar-refractivity contribution in [2.75, 3.05) is 13.1 Å². The van der Waals surface area contributed by atoms with E-state index in [1.54, 1.807) is 11.8 Å². The minimum absolute atomic E-state index is 0.195. The highest BCUT2D eigenvalue weighted by Crippen LogP contribution is 2.29. The summed E-state index contributed by atoms with van der Waals surface area (Å²) in [4.78, 5) is 24.8. The summed E-state index contributed by atoms with van der Waals surface area (Å²) >= 11 is 0. The molecule has 1 fully saturated rings. The van der Waals surface area contributed by atoms with Gasteiger partial charge in [0.15, 0.2) is 0 Å². The molecule has 1 saturated heterocycles. The summed E-state index contributed by atoms with van der Waals surface area (Å²) in [6, 6.07) is 7.92. The van der Waals surface area contributed by atoms with Crippen LogP contribution in [-0.4, -0.2) is 35.1 Å². The maximum atomic E-state index is 12.1. The molecule has 21 heavy (non-hydrogen) atoms. The predicted molar refractivity (Wildman–Crippen MR) is 80.0 cm³/mol. The smallest absolute Gasteiger partial charge is 0.317 e. The molecule has 1 unspecified atom stereocenters. The van der Waals surface area contributed by atoms with Crippen molar-refractivity contribution >= 4 is 12.0 Å². The molecule has 1 aliphatic rings. The highest BCUT2D eigenvalue weighted by atomic mass is 16.4. The fourth-order valence-electron chi connectivity index (χ4n) is 2.49. The maximum Gasteiger partial charge on any atom is 0.317 e. The van der Waals surface area contributed by atoms with Crippen LogP contribution in [0.15, 0.2) is 24.3 Å². The van der Waals surface area contributed by atoms with Crippen molar-refractivity contribution in [2.45, 2.75) is 33.2 Å². The number of nitrogens with zero attached hydrogens (tertiary/aromatic N) is 1.